The Morgan fingerprint density at radius 2 is 1.50 bits per heavy atom. The Balaban J connectivity index is 2.43. The van der Waals surface area contributed by atoms with Crippen LogP contribution in [-0.4, -0.2) is 10.2 Å². The van der Waals surface area contributed by atoms with E-state index in [9.17, 15) is 10.2 Å². The zero-order valence-corrected chi connectivity index (χ0v) is 15.6. The van der Waals surface area contributed by atoms with Crippen LogP contribution in [0.25, 0.3) is 0 Å². The van der Waals surface area contributed by atoms with Gasteiger partial charge in [0.1, 0.15) is 11.5 Å². The van der Waals surface area contributed by atoms with Gasteiger partial charge in [0.2, 0.25) is 0 Å². The lowest BCUT2D eigenvalue weighted by Gasteiger charge is -2.27. The van der Waals surface area contributed by atoms with Crippen molar-refractivity contribution in [3.8, 4) is 11.5 Å². The predicted octanol–water partition coefficient (Wildman–Crippen LogP) is 5.30. The third-order valence-electron chi connectivity index (χ3n) is 4.24. The van der Waals surface area contributed by atoms with Crippen LogP contribution in [0.5, 0.6) is 11.5 Å². The highest BCUT2D eigenvalue weighted by molar-refractivity contribution is 5.57. The van der Waals surface area contributed by atoms with Gasteiger partial charge < -0.3 is 15.5 Å². The Bertz CT molecular complexity index is 722. The molecular formula is C21H29NO2. The standard InChI is InChI=1S/C21H29NO2/c1-20(2,3)15-11-14(19(24)16(12-15)21(4,5)6)13-22-17-9-7-8-10-18(17)23/h7-12,22-24H,13H2,1-6H3. The second kappa shape index (κ2) is 6.39. The molecule has 3 N–H and O–H groups in total. The van der Waals surface area contributed by atoms with E-state index in [0.717, 1.165) is 11.1 Å². The average molecular weight is 327 g/mol. The molecule has 2 rings (SSSR count). The molecule has 0 saturated carbocycles. The molecule has 0 bridgehead atoms. The van der Waals surface area contributed by atoms with Gasteiger partial charge in [-0.2, -0.15) is 0 Å². The lowest BCUT2D eigenvalue weighted by molar-refractivity contribution is 0.438. The van der Waals surface area contributed by atoms with E-state index in [1.54, 1.807) is 12.1 Å². The molecule has 0 aliphatic heterocycles. The zero-order chi connectivity index (χ0) is 18.1. The molecule has 0 aliphatic carbocycles. The molecule has 0 aliphatic rings. The first-order valence-corrected chi connectivity index (χ1v) is 8.39. The van der Waals surface area contributed by atoms with Gasteiger partial charge in [0.05, 0.1) is 5.69 Å². The average Bonchev–Trinajstić information content (AvgIpc) is 2.45. The van der Waals surface area contributed by atoms with Crippen molar-refractivity contribution in [2.75, 3.05) is 5.32 Å². The predicted molar refractivity (Wildman–Crippen MR) is 101 cm³/mol. The highest BCUT2D eigenvalue weighted by Gasteiger charge is 2.24. The smallest absolute Gasteiger partial charge is 0.138 e. The van der Waals surface area contributed by atoms with Gasteiger partial charge >= 0.3 is 0 Å². The molecule has 0 spiro atoms. The first kappa shape index (κ1) is 18.2. The summed E-state index contributed by atoms with van der Waals surface area (Å²) in [7, 11) is 0. The summed E-state index contributed by atoms with van der Waals surface area (Å²) in [5.41, 5.74) is 3.50. The van der Waals surface area contributed by atoms with Gasteiger partial charge in [-0.1, -0.05) is 59.7 Å². The van der Waals surface area contributed by atoms with Gasteiger partial charge in [0.25, 0.3) is 0 Å². The van der Waals surface area contributed by atoms with E-state index in [4.69, 9.17) is 0 Å². The Morgan fingerprint density at radius 1 is 0.875 bits per heavy atom. The Labute approximate surface area is 145 Å². The minimum atomic E-state index is -0.144. The van der Waals surface area contributed by atoms with E-state index in [-0.39, 0.29) is 16.6 Å². The maximum Gasteiger partial charge on any atom is 0.138 e. The minimum absolute atomic E-state index is 0.00264. The van der Waals surface area contributed by atoms with Crippen molar-refractivity contribution >= 4 is 5.69 Å². The summed E-state index contributed by atoms with van der Waals surface area (Å²) < 4.78 is 0. The van der Waals surface area contributed by atoms with Crippen LogP contribution < -0.4 is 5.32 Å². The van der Waals surface area contributed by atoms with E-state index in [1.807, 2.05) is 12.1 Å². The fourth-order valence-corrected chi connectivity index (χ4v) is 2.65. The topological polar surface area (TPSA) is 52.5 Å². The van der Waals surface area contributed by atoms with Gasteiger partial charge in [-0.15, -0.1) is 0 Å². The van der Waals surface area contributed by atoms with Crippen LogP contribution in [0.3, 0.4) is 0 Å². The molecule has 3 heteroatoms. The Hall–Kier alpha value is -2.16. The van der Waals surface area contributed by atoms with Crippen LogP contribution in [0.1, 0.15) is 58.2 Å². The van der Waals surface area contributed by atoms with Gasteiger partial charge in [-0.05, 0) is 40.2 Å². The number of benzene rings is 2. The number of hydrogen-bond acceptors (Lipinski definition) is 3. The second-order valence-electron chi connectivity index (χ2n) is 8.40. The molecule has 0 amide bonds. The lowest BCUT2D eigenvalue weighted by atomic mass is 9.79. The number of phenolic OH excluding ortho intramolecular Hbond substituents is 2. The van der Waals surface area contributed by atoms with Crippen LogP contribution >= 0.6 is 0 Å². The van der Waals surface area contributed by atoms with Crippen molar-refractivity contribution < 1.29 is 10.2 Å². The maximum absolute atomic E-state index is 10.8. The monoisotopic (exact) mass is 327 g/mol. The summed E-state index contributed by atoms with van der Waals surface area (Å²) in [5, 5.41) is 23.9. The molecule has 0 fully saturated rings. The largest absolute Gasteiger partial charge is 0.507 e. The van der Waals surface area contributed by atoms with Crippen molar-refractivity contribution in [2.24, 2.45) is 0 Å². The van der Waals surface area contributed by atoms with Gasteiger partial charge in [-0.25, -0.2) is 0 Å². The summed E-state index contributed by atoms with van der Waals surface area (Å²) in [6, 6.07) is 11.3. The molecule has 0 radical (unpaired) electrons. The number of para-hydroxylation sites is 2. The zero-order valence-electron chi connectivity index (χ0n) is 15.6. The summed E-state index contributed by atoms with van der Waals surface area (Å²) in [4.78, 5) is 0. The number of anilines is 1. The van der Waals surface area contributed by atoms with Gasteiger partial charge in [0, 0.05) is 12.1 Å². The fourth-order valence-electron chi connectivity index (χ4n) is 2.65. The lowest BCUT2D eigenvalue weighted by Crippen LogP contribution is -2.18. The van der Waals surface area contributed by atoms with Gasteiger partial charge in [-0.3, -0.25) is 0 Å². The van der Waals surface area contributed by atoms with Crippen LogP contribution in [0.2, 0.25) is 0 Å². The van der Waals surface area contributed by atoms with E-state index in [0.29, 0.717) is 18.0 Å². The summed E-state index contributed by atoms with van der Waals surface area (Å²) >= 11 is 0. The molecule has 0 aromatic heterocycles. The third kappa shape index (κ3) is 4.02. The van der Waals surface area contributed by atoms with E-state index >= 15 is 0 Å². The molecule has 0 heterocycles. The van der Waals surface area contributed by atoms with E-state index in [2.05, 4.69) is 59.0 Å². The summed E-state index contributed by atoms with van der Waals surface area (Å²) in [6.45, 7) is 13.3. The molecule has 24 heavy (non-hydrogen) atoms. The first-order valence-electron chi connectivity index (χ1n) is 8.39. The number of aromatic hydroxyl groups is 2. The fraction of sp³-hybridized carbons (Fsp3) is 0.429. The molecule has 130 valence electrons. The molecule has 0 saturated heterocycles. The number of nitrogens with one attached hydrogen (secondary N) is 1. The quantitative estimate of drug-likeness (QED) is 0.670. The maximum atomic E-state index is 10.8. The van der Waals surface area contributed by atoms with Crippen LogP contribution in [0, 0.1) is 0 Å². The first-order chi connectivity index (χ1) is 11.0. The SMILES string of the molecule is CC(C)(C)c1cc(CNc2ccccc2O)c(O)c(C(C)(C)C)c1. The van der Waals surface area contributed by atoms with Crippen molar-refractivity contribution in [1.29, 1.82) is 0 Å². The molecular weight excluding hydrogens is 298 g/mol. The summed E-state index contributed by atoms with van der Waals surface area (Å²) in [6.07, 6.45) is 0. The summed E-state index contributed by atoms with van der Waals surface area (Å²) in [5.74, 6) is 0.540. The van der Waals surface area contributed by atoms with E-state index in [1.165, 1.54) is 5.56 Å². The van der Waals surface area contributed by atoms with Crippen molar-refractivity contribution in [3.05, 3.63) is 53.1 Å². The van der Waals surface area contributed by atoms with E-state index < -0.39 is 0 Å². The van der Waals surface area contributed by atoms with Crippen LogP contribution in [0.4, 0.5) is 5.69 Å². The van der Waals surface area contributed by atoms with Crippen molar-refractivity contribution in [2.45, 2.75) is 58.9 Å². The molecule has 0 atom stereocenters. The van der Waals surface area contributed by atoms with Crippen molar-refractivity contribution in [3.63, 3.8) is 0 Å². The second-order valence-corrected chi connectivity index (χ2v) is 8.40. The Morgan fingerprint density at radius 3 is 2.04 bits per heavy atom. The van der Waals surface area contributed by atoms with Gasteiger partial charge in [0.15, 0.2) is 0 Å². The van der Waals surface area contributed by atoms with Crippen LogP contribution in [-0.2, 0) is 17.4 Å². The van der Waals surface area contributed by atoms with Crippen molar-refractivity contribution in [1.82, 2.24) is 0 Å². The normalized spacial score (nSPS) is 12.2. The molecule has 3 nitrogen and oxygen atoms in total. The Kier molecular flexibility index (Phi) is 4.84. The minimum Gasteiger partial charge on any atom is -0.507 e. The third-order valence-corrected chi connectivity index (χ3v) is 4.24. The number of hydrogen-bond donors (Lipinski definition) is 3. The molecule has 2 aromatic carbocycles. The van der Waals surface area contributed by atoms with Crippen LogP contribution in [0.15, 0.2) is 36.4 Å². The number of rotatable bonds is 3. The highest BCUT2D eigenvalue weighted by atomic mass is 16.3. The molecule has 0 unspecified atom stereocenters. The highest BCUT2D eigenvalue weighted by Crippen LogP contribution is 2.38. The number of phenols is 2. The molecule has 2 aromatic rings.